The minimum absolute atomic E-state index is 0.178. The Balaban J connectivity index is 0.000000462. The van der Waals surface area contributed by atoms with Crippen LogP contribution in [0.15, 0.2) is 66.3 Å². The molecule has 0 atom stereocenters. The van der Waals surface area contributed by atoms with E-state index in [0.717, 1.165) is 12.0 Å². The largest absolute Gasteiger partial charge is 0.744 e. The molecule has 35 heavy (non-hydrogen) atoms. The normalized spacial score (nSPS) is 11.1. The van der Waals surface area contributed by atoms with E-state index in [4.69, 9.17) is 0 Å². The van der Waals surface area contributed by atoms with Gasteiger partial charge in [0.05, 0.1) is 4.90 Å². The molecule has 2 aromatic rings. The number of nitrogens with zero attached hydrogens (tertiary/aromatic N) is 1. The highest BCUT2D eigenvalue weighted by molar-refractivity contribution is 7.85. The van der Waals surface area contributed by atoms with E-state index in [0.29, 0.717) is 0 Å². The molecular weight excluding hydrogens is 454 g/mol. The fraction of sp³-hybridized carbons (Fsp3) is 0.567. The van der Waals surface area contributed by atoms with Gasteiger partial charge in [0.15, 0.2) is 18.1 Å². The molecule has 0 radical (unpaired) electrons. The van der Waals surface area contributed by atoms with Gasteiger partial charge >= 0.3 is 0 Å². The van der Waals surface area contributed by atoms with Crippen LogP contribution in [0.25, 0.3) is 5.70 Å². The van der Waals surface area contributed by atoms with Crippen LogP contribution in [0.1, 0.15) is 109 Å². The maximum atomic E-state index is 10.4. The average Bonchev–Trinajstić information content (AvgIpc) is 2.85. The standard InChI is InChI=1S/C23H40N.C7H8O3S/c1-3-4-5-6-7-8-9-10-11-12-13-14-15-17-20-23(2)24-21-18-16-19-22-24;1-6-2-4-7(5-3-6)11(8,9)10/h16,18-19,21-22H,2-15,17,20H2,1H3;2-5H,1H3,(H,8,9,10)/q+1;/p-1. The molecule has 196 valence electrons. The molecule has 0 unspecified atom stereocenters. The molecule has 0 fully saturated rings. The van der Waals surface area contributed by atoms with Gasteiger partial charge in [0.1, 0.15) is 10.1 Å². The van der Waals surface area contributed by atoms with Gasteiger partial charge in [0.2, 0.25) is 0 Å². The van der Waals surface area contributed by atoms with Crippen LogP contribution in [-0.4, -0.2) is 13.0 Å². The minimum Gasteiger partial charge on any atom is -0.744 e. The lowest BCUT2D eigenvalue weighted by atomic mass is 10.0. The smallest absolute Gasteiger partial charge is 0.179 e. The Morgan fingerprint density at radius 1 is 0.743 bits per heavy atom. The zero-order valence-corrected chi connectivity index (χ0v) is 22.9. The number of hydrogen-bond acceptors (Lipinski definition) is 3. The second kappa shape index (κ2) is 19.2. The first-order chi connectivity index (χ1) is 16.8. The van der Waals surface area contributed by atoms with Gasteiger partial charge in [0, 0.05) is 18.6 Å². The Bertz CT molecular complexity index is 893. The average molecular weight is 502 g/mol. The van der Waals surface area contributed by atoms with Crippen molar-refractivity contribution in [1.82, 2.24) is 0 Å². The van der Waals surface area contributed by atoms with Crippen LogP contribution in [0.3, 0.4) is 0 Å². The summed E-state index contributed by atoms with van der Waals surface area (Å²) in [4.78, 5) is -0.178. The number of aryl methyl sites for hydroxylation is 1. The van der Waals surface area contributed by atoms with Crippen LogP contribution < -0.4 is 4.57 Å². The zero-order valence-electron chi connectivity index (χ0n) is 22.1. The molecule has 0 aliphatic heterocycles. The topological polar surface area (TPSA) is 61.1 Å². The SMILES string of the molecule is C=C(CCCCCCCCCCCCCCCC)[n+]1ccccc1.Cc1ccc(S(=O)(=O)[O-])cc1. The summed E-state index contributed by atoms with van der Waals surface area (Å²) < 4.78 is 33.3. The Morgan fingerprint density at radius 2 is 1.17 bits per heavy atom. The van der Waals surface area contributed by atoms with Gasteiger partial charge in [-0.2, -0.15) is 4.57 Å². The highest BCUT2D eigenvalue weighted by Crippen LogP contribution is 2.14. The predicted octanol–water partition coefficient (Wildman–Crippen LogP) is 8.22. The van der Waals surface area contributed by atoms with Gasteiger partial charge in [-0.1, -0.05) is 114 Å². The van der Waals surface area contributed by atoms with Gasteiger partial charge in [-0.15, -0.1) is 0 Å². The lowest BCUT2D eigenvalue weighted by molar-refractivity contribution is -0.583. The summed E-state index contributed by atoms with van der Waals surface area (Å²) in [5.41, 5.74) is 2.15. The van der Waals surface area contributed by atoms with Crippen molar-refractivity contribution >= 4 is 15.8 Å². The Hall–Kier alpha value is -1.98. The summed E-state index contributed by atoms with van der Waals surface area (Å²) >= 11 is 0. The maximum Gasteiger partial charge on any atom is 0.179 e. The van der Waals surface area contributed by atoms with Crippen molar-refractivity contribution in [2.45, 2.75) is 115 Å². The summed E-state index contributed by atoms with van der Waals surface area (Å²) in [7, 11) is -4.27. The van der Waals surface area contributed by atoms with E-state index in [2.05, 4.69) is 48.7 Å². The summed E-state index contributed by atoms with van der Waals surface area (Å²) in [6.45, 7) is 8.30. The maximum absolute atomic E-state index is 10.4. The highest BCUT2D eigenvalue weighted by atomic mass is 32.2. The van der Waals surface area contributed by atoms with E-state index < -0.39 is 10.1 Å². The van der Waals surface area contributed by atoms with Gasteiger partial charge < -0.3 is 4.55 Å². The first-order valence-electron chi connectivity index (χ1n) is 13.5. The van der Waals surface area contributed by atoms with Gasteiger partial charge in [-0.3, -0.25) is 0 Å². The van der Waals surface area contributed by atoms with E-state index in [9.17, 15) is 13.0 Å². The van der Waals surface area contributed by atoms with Crippen LogP contribution in [0.4, 0.5) is 0 Å². The quantitative estimate of drug-likeness (QED) is 0.125. The minimum atomic E-state index is -4.27. The van der Waals surface area contributed by atoms with Gasteiger partial charge in [0.25, 0.3) is 0 Å². The third kappa shape index (κ3) is 16.3. The first kappa shape index (κ1) is 31.1. The predicted molar refractivity (Wildman–Crippen MR) is 146 cm³/mol. The summed E-state index contributed by atoms with van der Waals surface area (Å²) in [5.74, 6) is 0. The Labute approximate surface area is 215 Å². The number of benzene rings is 1. The van der Waals surface area contributed by atoms with Crippen molar-refractivity contribution in [2.75, 3.05) is 0 Å². The van der Waals surface area contributed by atoms with Crippen molar-refractivity contribution in [3.05, 3.63) is 67.0 Å². The molecule has 0 bridgehead atoms. The summed E-state index contributed by atoms with van der Waals surface area (Å²) in [6.07, 6.45) is 25.1. The third-order valence-corrected chi connectivity index (χ3v) is 7.06. The first-order valence-corrected chi connectivity index (χ1v) is 14.9. The molecule has 0 amide bonds. The Kier molecular flexibility index (Phi) is 17.1. The number of aromatic nitrogens is 1. The molecule has 5 heteroatoms. The van der Waals surface area contributed by atoms with E-state index in [1.807, 2.05) is 6.92 Å². The van der Waals surface area contributed by atoms with E-state index >= 15 is 0 Å². The van der Waals surface area contributed by atoms with Crippen molar-refractivity contribution in [3.8, 4) is 0 Å². The van der Waals surface area contributed by atoms with Crippen LogP contribution >= 0.6 is 0 Å². The molecule has 4 nitrogen and oxygen atoms in total. The van der Waals surface area contributed by atoms with Crippen molar-refractivity contribution in [2.24, 2.45) is 0 Å². The van der Waals surface area contributed by atoms with Crippen LogP contribution in [0.2, 0.25) is 0 Å². The molecule has 0 N–H and O–H groups in total. The number of unbranched alkanes of at least 4 members (excludes halogenated alkanes) is 13. The number of pyridine rings is 1. The lowest BCUT2D eigenvalue weighted by Gasteiger charge is -2.05. The number of allylic oxidation sites excluding steroid dienone is 1. The molecule has 0 aliphatic carbocycles. The van der Waals surface area contributed by atoms with E-state index in [-0.39, 0.29) is 4.90 Å². The van der Waals surface area contributed by atoms with Crippen molar-refractivity contribution in [3.63, 3.8) is 0 Å². The molecular formula is C30H47NO3S. The second-order valence-corrected chi connectivity index (χ2v) is 10.8. The second-order valence-electron chi connectivity index (χ2n) is 9.46. The monoisotopic (exact) mass is 501 g/mol. The van der Waals surface area contributed by atoms with Gasteiger partial charge in [-0.05, 0) is 32.1 Å². The molecule has 0 saturated carbocycles. The van der Waals surface area contributed by atoms with Crippen LogP contribution in [0, 0.1) is 6.92 Å². The van der Waals surface area contributed by atoms with Crippen LogP contribution in [0.5, 0.6) is 0 Å². The van der Waals surface area contributed by atoms with Crippen LogP contribution in [-0.2, 0) is 10.1 Å². The Morgan fingerprint density at radius 3 is 1.60 bits per heavy atom. The number of hydrogen-bond donors (Lipinski definition) is 0. The summed E-state index contributed by atoms with van der Waals surface area (Å²) in [5, 5.41) is 0. The van der Waals surface area contributed by atoms with Gasteiger partial charge in [-0.25, -0.2) is 8.42 Å². The molecule has 1 aromatic heterocycles. The third-order valence-electron chi connectivity index (χ3n) is 6.21. The van der Waals surface area contributed by atoms with Crippen molar-refractivity contribution in [1.29, 1.82) is 0 Å². The zero-order chi connectivity index (χ0) is 25.8. The van der Waals surface area contributed by atoms with Crippen molar-refractivity contribution < 1.29 is 17.5 Å². The molecule has 1 aromatic carbocycles. The summed E-state index contributed by atoms with van der Waals surface area (Å²) in [6, 6.07) is 12.0. The molecule has 0 aliphatic rings. The molecule has 0 saturated heterocycles. The highest BCUT2D eigenvalue weighted by Gasteiger charge is 2.04. The molecule has 0 spiro atoms. The fourth-order valence-corrected chi connectivity index (χ4v) is 4.44. The fourth-order valence-electron chi connectivity index (χ4n) is 3.97. The number of rotatable bonds is 17. The molecule has 2 rings (SSSR count). The van der Waals surface area contributed by atoms with E-state index in [1.54, 1.807) is 12.1 Å². The van der Waals surface area contributed by atoms with E-state index in [1.165, 1.54) is 108 Å². The molecule has 1 heterocycles. The lowest BCUT2D eigenvalue weighted by Crippen LogP contribution is -2.30.